The monoisotopic (exact) mass is 523 g/mol. The van der Waals surface area contributed by atoms with Crippen molar-refractivity contribution in [2.45, 2.75) is 19.9 Å². The molecule has 1 unspecified atom stereocenters. The minimum absolute atomic E-state index is 0.276. The van der Waals surface area contributed by atoms with Crippen LogP contribution in [0.2, 0.25) is 0 Å². The number of nitriles is 1. The van der Waals surface area contributed by atoms with E-state index in [0.29, 0.717) is 34.4 Å². The van der Waals surface area contributed by atoms with Crippen molar-refractivity contribution in [3.8, 4) is 28.5 Å². The van der Waals surface area contributed by atoms with Crippen LogP contribution in [-0.2, 0) is 4.79 Å². The van der Waals surface area contributed by atoms with Gasteiger partial charge in [0.15, 0.2) is 6.04 Å². The highest BCUT2D eigenvalue weighted by Gasteiger charge is 2.24. The molecule has 1 atom stereocenters. The highest BCUT2D eigenvalue weighted by molar-refractivity contribution is 6.13. The molecular formula is C30H29N5O4. The third kappa shape index (κ3) is 5.45. The van der Waals surface area contributed by atoms with Gasteiger partial charge in [-0.3, -0.25) is 14.4 Å². The molecule has 0 aliphatic rings. The van der Waals surface area contributed by atoms with Crippen molar-refractivity contribution in [2.24, 2.45) is 0 Å². The number of benzene rings is 3. The lowest BCUT2D eigenvalue weighted by Crippen LogP contribution is -2.44. The Hall–Kier alpha value is -5.10. The molecule has 3 aromatic carbocycles. The van der Waals surface area contributed by atoms with Gasteiger partial charge in [0, 0.05) is 54.5 Å². The van der Waals surface area contributed by atoms with E-state index in [9.17, 15) is 19.6 Å². The zero-order valence-electron chi connectivity index (χ0n) is 22.1. The second kappa shape index (κ2) is 11.5. The number of carbonyl (C=O) groups excluding carboxylic acids is 3. The van der Waals surface area contributed by atoms with Gasteiger partial charge in [-0.2, -0.15) is 5.26 Å². The van der Waals surface area contributed by atoms with Gasteiger partial charge in [-0.15, -0.1) is 0 Å². The highest BCUT2D eigenvalue weighted by atomic mass is 16.3. The lowest BCUT2D eigenvalue weighted by atomic mass is 9.97. The van der Waals surface area contributed by atoms with E-state index in [4.69, 9.17) is 4.42 Å². The van der Waals surface area contributed by atoms with Gasteiger partial charge in [-0.05, 0) is 37.6 Å². The second-order valence-electron chi connectivity index (χ2n) is 8.91. The molecule has 9 nitrogen and oxygen atoms in total. The number of fused-ring (bicyclic) bond motifs is 1. The number of likely N-dealkylation sites (N-methyl/N-ethyl adjacent to an activating group) is 1. The van der Waals surface area contributed by atoms with Crippen LogP contribution in [0.3, 0.4) is 0 Å². The topological polar surface area (TPSA) is 136 Å². The molecule has 198 valence electrons. The number of hydrogen-bond acceptors (Lipinski definition) is 6. The first-order chi connectivity index (χ1) is 18.8. The largest absolute Gasteiger partial charge is 0.455 e. The lowest BCUT2D eigenvalue weighted by molar-refractivity contribution is -0.121. The van der Waals surface area contributed by atoms with Crippen LogP contribution in [0.15, 0.2) is 65.1 Å². The van der Waals surface area contributed by atoms with Crippen LogP contribution in [0.25, 0.3) is 33.4 Å². The summed E-state index contributed by atoms with van der Waals surface area (Å²) >= 11 is 0. The van der Waals surface area contributed by atoms with Crippen molar-refractivity contribution >= 4 is 34.4 Å². The van der Waals surface area contributed by atoms with E-state index < -0.39 is 17.9 Å². The van der Waals surface area contributed by atoms with E-state index in [-0.39, 0.29) is 11.5 Å². The van der Waals surface area contributed by atoms with Crippen molar-refractivity contribution in [3.05, 3.63) is 77.4 Å². The van der Waals surface area contributed by atoms with Gasteiger partial charge in [-0.25, -0.2) is 0 Å². The fraction of sp³-hybridized carbons (Fsp3) is 0.200. The van der Waals surface area contributed by atoms with Gasteiger partial charge in [0.05, 0.1) is 11.6 Å². The summed E-state index contributed by atoms with van der Waals surface area (Å²) in [7, 11) is 2.97. The summed E-state index contributed by atoms with van der Waals surface area (Å²) in [5.41, 5.74) is 5.32. The van der Waals surface area contributed by atoms with Crippen LogP contribution in [0.4, 0.5) is 5.69 Å². The van der Waals surface area contributed by atoms with E-state index >= 15 is 0 Å². The molecule has 4 rings (SSSR count). The fourth-order valence-electron chi connectivity index (χ4n) is 4.32. The molecule has 4 N–H and O–H groups in total. The maximum Gasteiger partial charge on any atom is 0.257 e. The van der Waals surface area contributed by atoms with Crippen molar-refractivity contribution in [2.75, 3.05) is 26.0 Å². The number of hydrogen-bond donors (Lipinski definition) is 4. The summed E-state index contributed by atoms with van der Waals surface area (Å²) in [6, 6.07) is 18.8. The van der Waals surface area contributed by atoms with Crippen molar-refractivity contribution < 1.29 is 18.8 Å². The van der Waals surface area contributed by atoms with E-state index in [2.05, 4.69) is 21.3 Å². The number of aryl methyl sites for hydroxylation is 1. The molecule has 9 heteroatoms. The van der Waals surface area contributed by atoms with Crippen molar-refractivity contribution in [1.82, 2.24) is 16.0 Å². The summed E-state index contributed by atoms with van der Waals surface area (Å²) in [4.78, 5) is 37.8. The molecule has 0 bridgehead atoms. The average Bonchev–Trinajstić information content (AvgIpc) is 3.33. The zero-order chi connectivity index (χ0) is 28.1. The first-order valence-electron chi connectivity index (χ1n) is 12.5. The number of rotatable bonds is 8. The molecule has 0 radical (unpaired) electrons. The fourth-order valence-corrected chi connectivity index (χ4v) is 4.32. The minimum atomic E-state index is -1.32. The SMILES string of the molecule is CCNc1cc2oc(-c3ccc(C)cc3)c(C(=O)NC)c2cc1-c1cccc(C(=O)NC(C#N)C(=O)NC)c1. The average molecular weight is 524 g/mol. The summed E-state index contributed by atoms with van der Waals surface area (Å²) in [5, 5.41) is 20.7. The normalized spacial score (nSPS) is 11.4. The quantitative estimate of drug-likeness (QED) is 0.273. The van der Waals surface area contributed by atoms with Crippen LogP contribution in [0, 0.1) is 18.3 Å². The molecule has 0 saturated heterocycles. The summed E-state index contributed by atoms with van der Waals surface area (Å²) in [5.74, 6) is -0.979. The Labute approximate surface area is 226 Å². The number of nitrogens with zero attached hydrogens (tertiary/aromatic N) is 1. The number of nitrogens with one attached hydrogen (secondary N) is 4. The maximum atomic E-state index is 13.1. The van der Waals surface area contributed by atoms with Gasteiger partial charge >= 0.3 is 0 Å². The van der Waals surface area contributed by atoms with Crippen LogP contribution < -0.4 is 21.3 Å². The Kier molecular flexibility index (Phi) is 7.96. The van der Waals surface area contributed by atoms with Gasteiger partial charge in [-0.1, -0.05) is 42.0 Å². The molecule has 4 aromatic rings. The van der Waals surface area contributed by atoms with Gasteiger partial charge < -0.3 is 25.7 Å². The van der Waals surface area contributed by atoms with Crippen molar-refractivity contribution in [1.29, 1.82) is 5.26 Å². The molecule has 0 spiro atoms. The highest BCUT2D eigenvalue weighted by Crippen LogP contribution is 2.40. The maximum absolute atomic E-state index is 13.1. The number of amides is 3. The first-order valence-corrected chi connectivity index (χ1v) is 12.5. The van der Waals surface area contributed by atoms with Crippen molar-refractivity contribution in [3.63, 3.8) is 0 Å². The zero-order valence-corrected chi connectivity index (χ0v) is 22.1. The first kappa shape index (κ1) is 26.9. The molecule has 0 aliphatic carbocycles. The van der Waals surface area contributed by atoms with E-state index in [1.165, 1.54) is 7.05 Å². The van der Waals surface area contributed by atoms with E-state index in [1.54, 1.807) is 31.3 Å². The van der Waals surface area contributed by atoms with Crippen LogP contribution >= 0.6 is 0 Å². The molecule has 0 saturated carbocycles. The minimum Gasteiger partial charge on any atom is -0.455 e. The predicted octanol–water partition coefficient (Wildman–Crippen LogP) is 4.23. The van der Waals surface area contributed by atoms with Crippen LogP contribution in [0.5, 0.6) is 0 Å². The van der Waals surface area contributed by atoms with Crippen LogP contribution in [-0.4, -0.2) is 44.4 Å². The third-order valence-electron chi connectivity index (χ3n) is 6.31. The summed E-state index contributed by atoms with van der Waals surface area (Å²) in [6.45, 7) is 4.58. The smallest absolute Gasteiger partial charge is 0.257 e. The Morgan fingerprint density at radius 1 is 0.949 bits per heavy atom. The Morgan fingerprint density at radius 2 is 1.69 bits per heavy atom. The van der Waals surface area contributed by atoms with Gasteiger partial charge in [0.25, 0.3) is 17.7 Å². The predicted molar refractivity (Wildman–Crippen MR) is 150 cm³/mol. The number of anilines is 1. The summed E-state index contributed by atoms with van der Waals surface area (Å²) in [6.07, 6.45) is 0. The number of furan rings is 1. The lowest BCUT2D eigenvalue weighted by Gasteiger charge is -2.14. The molecule has 0 fully saturated rings. The molecular weight excluding hydrogens is 494 g/mol. The van der Waals surface area contributed by atoms with Crippen LogP contribution in [0.1, 0.15) is 33.2 Å². The van der Waals surface area contributed by atoms with E-state index in [1.807, 2.05) is 56.3 Å². The Bertz CT molecular complexity index is 1600. The Morgan fingerprint density at radius 3 is 2.33 bits per heavy atom. The molecule has 1 heterocycles. The standard InChI is InChI=1S/C30H29N5O4/c1-5-34-23-15-25-22(26(30(38)33-4)27(39-25)18-11-9-17(2)10-12-18)14-21(23)19-7-6-8-20(13-19)28(36)35-24(16-31)29(37)32-3/h6-15,24,34H,5H2,1-4H3,(H,32,37)(H,33,38)(H,35,36). The molecule has 39 heavy (non-hydrogen) atoms. The molecule has 3 amide bonds. The van der Waals surface area contributed by atoms with Gasteiger partial charge in [0.1, 0.15) is 11.3 Å². The molecule has 1 aromatic heterocycles. The van der Waals surface area contributed by atoms with E-state index in [0.717, 1.165) is 22.4 Å². The number of carbonyl (C=O) groups is 3. The molecule has 0 aliphatic heterocycles. The van der Waals surface area contributed by atoms with Gasteiger partial charge in [0.2, 0.25) is 0 Å². The Balaban J connectivity index is 1.86. The third-order valence-corrected chi connectivity index (χ3v) is 6.31. The summed E-state index contributed by atoms with van der Waals surface area (Å²) < 4.78 is 6.24. The second-order valence-corrected chi connectivity index (χ2v) is 8.91.